The highest BCUT2D eigenvalue weighted by Crippen LogP contribution is 2.24. The Morgan fingerprint density at radius 2 is 2.19 bits per heavy atom. The Kier molecular flexibility index (Phi) is 4.05. The SMILES string of the molecule is CC/C(=C\C(=O)O)c1cc(F)cc(OC)c1. The Morgan fingerprint density at radius 1 is 1.50 bits per heavy atom. The van der Waals surface area contributed by atoms with E-state index in [0.29, 0.717) is 23.3 Å². The first-order valence-electron chi connectivity index (χ1n) is 4.85. The Bertz CT molecular complexity index is 424. The van der Waals surface area contributed by atoms with Gasteiger partial charge in [-0.1, -0.05) is 6.92 Å². The number of halogens is 1. The summed E-state index contributed by atoms with van der Waals surface area (Å²) in [5.74, 6) is -1.11. The first-order valence-corrected chi connectivity index (χ1v) is 4.85. The summed E-state index contributed by atoms with van der Waals surface area (Å²) in [6.45, 7) is 1.81. The molecule has 1 N–H and O–H groups in total. The van der Waals surface area contributed by atoms with Crippen LogP contribution in [0.2, 0.25) is 0 Å². The minimum atomic E-state index is -1.04. The van der Waals surface area contributed by atoms with Gasteiger partial charge in [-0.15, -0.1) is 0 Å². The molecular weight excluding hydrogens is 211 g/mol. The van der Waals surface area contributed by atoms with Crippen molar-refractivity contribution in [2.24, 2.45) is 0 Å². The Morgan fingerprint density at radius 3 is 2.69 bits per heavy atom. The fraction of sp³-hybridized carbons (Fsp3) is 0.250. The molecule has 0 radical (unpaired) electrons. The average Bonchev–Trinajstić information content (AvgIpc) is 2.24. The zero-order chi connectivity index (χ0) is 12.1. The van der Waals surface area contributed by atoms with Gasteiger partial charge < -0.3 is 9.84 Å². The lowest BCUT2D eigenvalue weighted by molar-refractivity contribution is -0.131. The Hall–Kier alpha value is -1.84. The molecule has 0 amide bonds. The summed E-state index contributed by atoms with van der Waals surface area (Å²) in [5, 5.41) is 8.67. The quantitative estimate of drug-likeness (QED) is 0.800. The van der Waals surface area contributed by atoms with Crippen LogP contribution in [0.4, 0.5) is 4.39 Å². The van der Waals surface area contributed by atoms with Gasteiger partial charge in [0.25, 0.3) is 0 Å². The first-order chi connectivity index (χ1) is 7.56. The molecule has 0 aliphatic heterocycles. The fourth-order valence-electron chi connectivity index (χ4n) is 1.40. The number of ether oxygens (including phenoxy) is 1. The summed E-state index contributed by atoms with van der Waals surface area (Å²) < 4.78 is 18.1. The molecule has 0 saturated heterocycles. The third-order valence-electron chi connectivity index (χ3n) is 2.16. The molecule has 0 bridgehead atoms. The van der Waals surface area contributed by atoms with Crippen molar-refractivity contribution in [3.63, 3.8) is 0 Å². The van der Waals surface area contributed by atoms with Crippen molar-refractivity contribution in [3.05, 3.63) is 35.7 Å². The van der Waals surface area contributed by atoms with E-state index in [1.54, 1.807) is 6.07 Å². The lowest BCUT2D eigenvalue weighted by Gasteiger charge is -2.07. The normalized spacial score (nSPS) is 11.3. The predicted octanol–water partition coefficient (Wildman–Crippen LogP) is 2.71. The highest BCUT2D eigenvalue weighted by atomic mass is 19.1. The molecule has 0 aliphatic rings. The highest BCUT2D eigenvalue weighted by molar-refractivity contribution is 5.90. The summed E-state index contributed by atoms with van der Waals surface area (Å²) in [6.07, 6.45) is 1.59. The number of hydrogen-bond donors (Lipinski definition) is 1. The monoisotopic (exact) mass is 224 g/mol. The van der Waals surface area contributed by atoms with Crippen LogP contribution in [0.25, 0.3) is 5.57 Å². The third-order valence-corrected chi connectivity index (χ3v) is 2.16. The molecule has 0 unspecified atom stereocenters. The van der Waals surface area contributed by atoms with Gasteiger partial charge in [0.1, 0.15) is 11.6 Å². The number of carboxylic acid groups (broad SMARTS) is 1. The molecule has 1 aromatic rings. The second-order valence-corrected chi connectivity index (χ2v) is 3.24. The number of benzene rings is 1. The van der Waals surface area contributed by atoms with Gasteiger partial charge in [-0.3, -0.25) is 0 Å². The number of aliphatic carboxylic acids is 1. The number of methoxy groups -OCH3 is 1. The van der Waals surface area contributed by atoms with Gasteiger partial charge in [-0.2, -0.15) is 0 Å². The average molecular weight is 224 g/mol. The van der Waals surface area contributed by atoms with Crippen LogP contribution in [0.15, 0.2) is 24.3 Å². The van der Waals surface area contributed by atoms with Crippen molar-refractivity contribution in [3.8, 4) is 5.75 Å². The first kappa shape index (κ1) is 12.2. The topological polar surface area (TPSA) is 46.5 Å². The largest absolute Gasteiger partial charge is 0.497 e. The van der Waals surface area contributed by atoms with Crippen molar-refractivity contribution < 1.29 is 19.0 Å². The second kappa shape index (κ2) is 5.30. The maximum atomic E-state index is 13.2. The van der Waals surface area contributed by atoms with Gasteiger partial charge >= 0.3 is 5.97 Å². The number of carboxylic acids is 1. The lowest BCUT2D eigenvalue weighted by atomic mass is 10.0. The molecule has 16 heavy (non-hydrogen) atoms. The zero-order valence-electron chi connectivity index (χ0n) is 9.16. The summed E-state index contributed by atoms with van der Waals surface area (Å²) in [5.41, 5.74) is 1.09. The summed E-state index contributed by atoms with van der Waals surface area (Å²) in [7, 11) is 1.44. The van der Waals surface area contributed by atoms with E-state index >= 15 is 0 Å². The van der Waals surface area contributed by atoms with Crippen LogP contribution < -0.4 is 4.74 Å². The molecule has 0 aromatic heterocycles. The number of carbonyl (C=O) groups is 1. The molecule has 0 saturated carbocycles. The second-order valence-electron chi connectivity index (χ2n) is 3.24. The molecule has 0 fully saturated rings. The number of rotatable bonds is 4. The van der Waals surface area contributed by atoms with E-state index in [9.17, 15) is 9.18 Å². The van der Waals surface area contributed by atoms with Crippen LogP contribution in [0, 0.1) is 5.82 Å². The van der Waals surface area contributed by atoms with Crippen LogP contribution in [0.1, 0.15) is 18.9 Å². The lowest BCUT2D eigenvalue weighted by Crippen LogP contribution is -1.94. The van der Waals surface area contributed by atoms with Gasteiger partial charge in [0.15, 0.2) is 0 Å². The van der Waals surface area contributed by atoms with Crippen LogP contribution in [0.5, 0.6) is 5.75 Å². The van der Waals surface area contributed by atoms with Crippen LogP contribution in [-0.2, 0) is 4.79 Å². The minimum absolute atomic E-state index is 0.375. The molecule has 1 rings (SSSR count). The maximum Gasteiger partial charge on any atom is 0.328 e. The van der Waals surface area contributed by atoms with Crippen LogP contribution >= 0.6 is 0 Å². The minimum Gasteiger partial charge on any atom is -0.497 e. The van der Waals surface area contributed by atoms with Crippen molar-refractivity contribution in [1.29, 1.82) is 0 Å². The highest BCUT2D eigenvalue weighted by Gasteiger charge is 2.06. The molecule has 3 nitrogen and oxygen atoms in total. The van der Waals surface area contributed by atoms with Crippen LogP contribution in [-0.4, -0.2) is 18.2 Å². The molecule has 0 aliphatic carbocycles. The molecule has 0 heterocycles. The Balaban J connectivity index is 3.19. The Labute approximate surface area is 93.2 Å². The maximum absolute atomic E-state index is 13.2. The van der Waals surface area contributed by atoms with E-state index in [2.05, 4.69) is 0 Å². The molecular formula is C12H13FO3. The van der Waals surface area contributed by atoms with Crippen LogP contribution in [0.3, 0.4) is 0 Å². The molecule has 0 spiro atoms. The van der Waals surface area contributed by atoms with Gasteiger partial charge in [0.05, 0.1) is 7.11 Å². The van der Waals surface area contributed by atoms with Crippen molar-refractivity contribution in [2.45, 2.75) is 13.3 Å². The van der Waals surface area contributed by atoms with E-state index in [1.807, 2.05) is 6.92 Å². The predicted molar refractivity (Wildman–Crippen MR) is 58.9 cm³/mol. The van der Waals surface area contributed by atoms with Gasteiger partial charge in [0, 0.05) is 12.1 Å². The standard InChI is InChI=1S/C12H13FO3/c1-3-8(6-12(14)15)9-4-10(13)7-11(5-9)16-2/h4-7H,3H2,1-2H3,(H,14,15)/b8-6+. The van der Waals surface area contributed by atoms with E-state index in [0.717, 1.165) is 6.08 Å². The summed E-state index contributed by atoms with van der Waals surface area (Å²) in [6, 6.07) is 4.15. The van der Waals surface area contributed by atoms with E-state index in [4.69, 9.17) is 9.84 Å². The van der Waals surface area contributed by atoms with Crippen molar-refractivity contribution in [1.82, 2.24) is 0 Å². The fourth-order valence-corrected chi connectivity index (χ4v) is 1.40. The van der Waals surface area contributed by atoms with Crippen molar-refractivity contribution in [2.75, 3.05) is 7.11 Å². The van der Waals surface area contributed by atoms with E-state index in [1.165, 1.54) is 19.2 Å². The van der Waals surface area contributed by atoms with Crippen molar-refractivity contribution >= 4 is 11.5 Å². The van der Waals surface area contributed by atoms with Gasteiger partial charge in [0.2, 0.25) is 0 Å². The molecule has 0 atom stereocenters. The molecule has 4 heteroatoms. The van der Waals surface area contributed by atoms with Gasteiger partial charge in [-0.05, 0) is 29.7 Å². The zero-order valence-corrected chi connectivity index (χ0v) is 9.16. The summed E-state index contributed by atoms with van der Waals surface area (Å²) in [4.78, 5) is 10.6. The van der Waals surface area contributed by atoms with Gasteiger partial charge in [-0.25, -0.2) is 9.18 Å². The number of allylic oxidation sites excluding steroid dienone is 1. The third kappa shape index (κ3) is 3.08. The van der Waals surface area contributed by atoms with E-state index in [-0.39, 0.29) is 0 Å². The smallest absolute Gasteiger partial charge is 0.328 e. The molecule has 86 valence electrons. The number of hydrogen-bond acceptors (Lipinski definition) is 2. The summed E-state index contributed by atoms with van der Waals surface area (Å²) >= 11 is 0. The van der Waals surface area contributed by atoms with E-state index < -0.39 is 11.8 Å². The molecule has 1 aromatic carbocycles.